The first-order valence-corrected chi connectivity index (χ1v) is 5.73. The number of aliphatic hydroxyl groups is 2. The van der Waals surface area contributed by atoms with Gasteiger partial charge in [0.05, 0.1) is 19.6 Å². The quantitative estimate of drug-likeness (QED) is 0.750. The van der Waals surface area contributed by atoms with Crippen molar-refractivity contribution in [2.45, 2.75) is 13.3 Å². The molecule has 94 valence electrons. The Balaban J connectivity index is 2.66. The van der Waals surface area contributed by atoms with Crippen molar-refractivity contribution in [3.63, 3.8) is 0 Å². The van der Waals surface area contributed by atoms with Crippen LogP contribution in [0, 0.1) is 6.92 Å². The summed E-state index contributed by atoms with van der Waals surface area (Å²) in [5.41, 5.74) is 2.06. The molecule has 0 aliphatic heterocycles. The molecule has 4 nitrogen and oxygen atoms in total. The minimum absolute atomic E-state index is 0.0672. The third-order valence-corrected chi connectivity index (χ3v) is 2.70. The van der Waals surface area contributed by atoms with Gasteiger partial charge in [0.25, 0.3) is 0 Å². The molecule has 0 spiro atoms. The van der Waals surface area contributed by atoms with Crippen LogP contribution in [0.15, 0.2) is 24.3 Å². The molecule has 0 atom stereocenters. The lowest BCUT2D eigenvalue weighted by molar-refractivity contribution is -0.131. The van der Waals surface area contributed by atoms with Gasteiger partial charge in [0.15, 0.2) is 0 Å². The number of benzene rings is 1. The van der Waals surface area contributed by atoms with E-state index in [4.69, 9.17) is 10.2 Å². The van der Waals surface area contributed by atoms with Crippen molar-refractivity contribution in [2.24, 2.45) is 0 Å². The van der Waals surface area contributed by atoms with Crippen LogP contribution in [0.4, 0.5) is 0 Å². The number of carbonyl (C=O) groups is 1. The predicted octanol–water partition coefficient (Wildman–Crippen LogP) is 0.351. The first kappa shape index (κ1) is 13.7. The molecule has 1 aromatic carbocycles. The van der Waals surface area contributed by atoms with E-state index in [0.29, 0.717) is 6.42 Å². The Morgan fingerprint density at radius 3 is 2.29 bits per heavy atom. The van der Waals surface area contributed by atoms with Gasteiger partial charge in [-0.05, 0) is 18.1 Å². The highest BCUT2D eigenvalue weighted by atomic mass is 16.3. The normalized spacial score (nSPS) is 10.3. The molecule has 0 heterocycles. The second-order valence-corrected chi connectivity index (χ2v) is 3.93. The van der Waals surface area contributed by atoms with E-state index in [9.17, 15) is 4.79 Å². The summed E-state index contributed by atoms with van der Waals surface area (Å²) in [4.78, 5) is 13.4. The van der Waals surface area contributed by atoms with Crippen LogP contribution in [0.25, 0.3) is 0 Å². The van der Waals surface area contributed by atoms with E-state index in [1.807, 2.05) is 31.2 Å². The fraction of sp³-hybridized carbons (Fsp3) is 0.462. The smallest absolute Gasteiger partial charge is 0.227 e. The minimum Gasteiger partial charge on any atom is -0.395 e. The van der Waals surface area contributed by atoms with Gasteiger partial charge >= 0.3 is 0 Å². The summed E-state index contributed by atoms with van der Waals surface area (Å²) in [5.74, 6) is -0.0672. The Morgan fingerprint density at radius 2 is 1.76 bits per heavy atom. The number of hydrogen-bond acceptors (Lipinski definition) is 3. The van der Waals surface area contributed by atoms with Crippen LogP contribution in [-0.2, 0) is 11.2 Å². The summed E-state index contributed by atoms with van der Waals surface area (Å²) in [7, 11) is 0. The Hall–Kier alpha value is -1.39. The molecule has 0 aromatic heterocycles. The van der Waals surface area contributed by atoms with Crippen molar-refractivity contribution in [1.82, 2.24) is 4.90 Å². The number of hydrogen-bond donors (Lipinski definition) is 2. The topological polar surface area (TPSA) is 60.8 Å². The first-order valence-electron chi connectivity index (χ1n) is 5.73. The van der Waals surface area contributed by atoms with Crippen molar-refractivity contribution < 1.29 is 15.0 Å². The van der Waals surface area contributed by atoms with Crippen molar-refractivity contribution in [2.75, 3.05) is 26.3 Å². The van der Waals surface area contributed by atoms with Crippen molar-refractivity contribution in [3.8, 4) is 0 Å². The molecule has 1 aromatic rings. The largest absolute Gasteiger partial charge is 0.395 e. The molecule has 1 rings (SSSR count). The number of carbonyl (C=O) groups excluding carboxylic acids is 1. The van der Waals surface area contributed by atoms with Gasteiger partial charge in [0, 0.05) is 13.1 Å². The van der Waals surface area contributed by atoms with E-state index >= 15 is 0 Å². The summed E-state index contributed by atoms with van der Waals surface area (Å²) in [5, 5.41) is 17.7. The van der Waals surface area contributed by atoms with Gasteiger partial charge in [0.1, 0.15) is 0 Å². The molecular weight excluding hydrogens is 218 g/mol. The van der Waals surface area contributed by atoms with E-state index in [2.05, 4.69) is 0 Å². The molecule has 0 unspecified atom stereocenters. The van der Waals surface area contributed by atoms with E-state index in [-0.39, 0.29) is 32.2 Å². The van der Waals surface area contributed by atoms with E-state index < -0.39 is 0 Å². The highest BCUT2D eigenvalue weighted by molar-refractivity contribution is 5.79. The zero-order chi connectivity index (χ0) is 12.7. The van der Waals surface area contributed by atoms with Gasteiger partial charge in [0.2, 0.25) is 5.91 Å². The Morgan fingerprint density at radius 1 is 1.18 bits per heavy atom. The van der Waals surface area contributed by atoms with Gasteiger partial charge in [-0.15, -0.1) is 0 Å². The molecule has 17 heavy (non-hydrogen) atoms. The number of nitrogens with zero attached hydrogens (tertiary/aromatic N) is 1. The lowest BCUT2D eigenvalue weighted by Gasteiger charge is -2.21. The van der Waals surface area contributed by atoms with Crippen molar-refractivity contribution >= 4 is 5.91 Å². The maximum Gasteiger partial charge on any atom is 0.227 e. The first-order chi connectivity index (χ1) is 8.19. The summed E-state index contributed by atoms with van der Waals surface area (Å²) in [6.07, 6.45) is 0.312. The minimum atomic E-state index is -0.0838. The van der Waals surface area contributed by atoms with E-state index in [1.54, 1.807) is 0 Å². The Kier molecular flexibility index (Phi) is 5.66. The van der Waals surface area contributed by atoms with Crippen molar-refractivity contribution in [1.29, 1.82) is 0 Å². The van der Waals surface area contributed by atoms with E-state index in [1.165, 1.54) is 4.90 Å². The SMILES string of the molecule is Cc1ccccc1CC(=O)N(CCO)CCO. The van der Waals surface area contributed by atoms with Crippen LogP contribution >= 0.6 is 0 Å². The van der Waals surface area contributed by atoms with Gasteiger partial charge in [-0.25, -0.2) is 0 Å². The van der Waals surface area contributed by atoms with Gasteiger partial charge in [-0.2, -0.15) is 0 Å². The molecular formula is C13H19NO3. The lowest BCUT2D eigenvalue weighted by atomic mass is 10.1. The molecule has 4 heteroatoms. The lowest BCUT2D eigenvalue weighted by Crippen LogP contribution is -2.37. The Labute approximate surface area is 101 Å². The van der Waals surface area contributed by atoms with Gasteiger partial charge < -0.3 is 15.1 Å². The molecule has 0 radical (unpaired) electrons. The van der Waals surface area contributed by atoms with Crippen LogP contribution in [0.3, 0.4) is 0 Å². The third-order valence-electron chi connectivity index (χ3n) is 2.70. The molecule has 2 N–H and O–H groups in total. The fourth-order valence-electron chi connectivity index (χ4n) is 1.69. The molecule has 1 amide bonds. The highest BCUT2D eigenvalue weighted by Gasteiger charge is 2.13. The zero-order valence-corrected chi connectivity index (χ0v) is 10.1. The molecule has 0 aliphatic carbocycles. The summed E-state index contributed by atoms with van der Waals surface area (Å²) in [6, 6.07) is 7.72. The standard InChI is InChI=1S/C13H19NO3/c1-11-4-2-3-5-12(11)10-13(17)14(6-8-15)7-9-16/h2-5,15-16H,6-10H2,1H3. The zero-order valence-electron chi connectivity index (χ0n) is 10.1. The molecule has 0 fully saturated rings. The number of aliphatic hydroxyl groups excluding tert-OH is 2. The summed E-state index contributed by atoms with van der Waals surface area (Å²) in [6.45, 7) is 2.33. The Bertz CT molecular complexity index is 359. The van der Waals surface area contributed by atoms with Crippen LogP contribution in [0.1, 0.15) is 11.1 Å². The van der Waals surface area contributed by atoms with Gasteiger partial charge in [-0.1, -0.05) is 24.3 Å². The molecule has 0 saturated heterocycles. The summed E-state index contributed by atoms with van der Waals surface area (Å²) >= 11 is 0. The van der Waals surface area contributed by atoms with Crippen LogP contribution in [0.2, 0.25) is 0 Å². The number of rotatable bonds is 6. The number of amides is 1. The average Bonchev–Trinajstić information content (AvgIpc) is 2.32. The third kappa shape index (κ3) is 4.17. The van der Waals surface area contributed by atoms with Crippen LogP contribution < -0.4 is 0 Å². The fourth-order valence-corrected chi connectivity index (χ4v) is 1.69. The molecule has 0 bridgehead atoms. The maximum absolute atomic E-state index is 11.9. The predicted molar refractivity (Wildman–Crippen MR) is 65.6 cm³/mol. The van der Waals surface area contributed by atoms with E-state index in [0.717, 1.165) is 11.1 Å². The molecule has 0 saturated carbocycles. The van der Waals surface area contributed by atoms with Crippen LogP contribution in [0.5, 0.6) is 0 Å². The average molecular weight is 237 g/mol. The number of aryl methyl sites for hydroxylation is 1. The second-order valence-electron chi connectivity index (χ2n) is 3.93. The van der Waals surface area contributed by atoms with Crippen molar-refractivity contribution in [3.05, 3.63) is 35.4 Å². The maximum atomic E-state index is 11.9. The van der Waals surface area contributed by atoms with Gasteiger partial charge in [-0.3, -0.25) is 4.79 Å². The van der Waals surface area contributed by atoms with Crippen LogP contribution in [-0.4, -0.2) is 47.3 Å². The monoisotopic (exact) mass is 237 g/mol. The molecule has 0 aliphatic rings. The highest BCUT2D eigenvalue weighted by Crippen LogP contribution is 2.09. The second kappa shape index (κ2) is 7.04. The summed E-state index contributed by atoms with van der Waals surface area (Å²) < 4.78 is 0.